The molecule has 0 spiro atoms. The number of nitrogens with one attached hydrogen (secondary N) is 2. The average Bonchev–Trinajstić information content (AvgIpc) is 2.15. The molecule has 0 radical (unpaired) electrons. The molecule has 0 aliphatic rings. The third-order valence-corrected chi connectivity index (χ3v) is 1.99. The van der Waals surface area contributed by atoms with Gasteiger partial charge in [0.15, 0.2) is 0 Å². The van der Waals surface area contributed by atoms with E-state index in [0.29, 0.717) is 5.92 Å². The molecule has 0 aliphatic heterocycles. The first kappa shape index (κ1) is 10.9. The molecule has 2 N–H and O–H groups in total. The lowest BCUT2D eigenvalue weighted by atomic mass is 10.2. The molecular formula is C10H18N4. The van der Waals surface area contributed by atoms with Gasteiger partial charge in [-0.2, -0.15) is 0 Å². The van der Waals surface area contributed by atoms with Gasteiger partial charge in [0, 0.05) is 18.3 Å². The standard InChI is InChI=1S/C10H18N4/c1-8(5-11-3)6-12-10-4-9(2)13-7-14-10/h4,7-8,11H,5-6H2,1-3H3,(H,12,13,14). The first-order chi connectivity index (χ1) is 6.72. The summed E-state index contributed by atoms with van der Waals surface area (Å²) in [5.41, 5.74) is 0.990. The lowest BCUT2D eigenvalue weighted by Crippen LogP contribution is -2.23. The molecule has 0 saturated heterocycles. The van der Waals surface area contributed by atoms with E-state index in [1.807, 2.05) is 20.0 Å². The molecule has 0 aromatic carbocycles. The Kier molecular flexibility index (Phi) is 4.32. The van der Waals surface area contributed by atoms with Crippen LogP contribution in [0.5, 0.6) is 0 Å². The molecule has 4 nitrogen and oxygen atoms in total. The molecule has 1 heterocycles. The molecule has 1 aromatic rings. The van der Waals surface area contributed by atoms with E-state index in [4.69, 9.17) is 0 Å². The zero-order valence-electron chi connectivity index (χ0n) is 9.04. The maximum Gasteiger partial charge on any atom is 0.129 e. The molecule has 0 bridgehead atoms. The molecule has 0 amide bonds. The molecule has 0 fully saturated rings. The Hall–Kier alpha value is -1.16. The fourth-order valence-corrected chi connectivity index (χ4v) is 1.25. The van der Waals surface area contributed by atoms with Gasteiger partial charge in [-0.1, -0.05) is 6.92 Å². The molecule has 78 valence electrons. The van der Waals surface area contributed by atoms with Crippen LogP contribution in [0.15, 0.2) is 12.4 Å². The molecule has 14 heavy (non-hydrogen) atoms. The Labute approximate surface area is 85.2 Å². The van der Waals surface area contributed by atoms with Crippen molar-refractivity contribution in [2.75, 3.05) is 25.5 Å². The molecule has 0 aliphatic carbocycles. The summed E-state index contributed by atoms with van der Waals surface area (Å²) in [5, 5.41) is 6.42. The molecule has 1 aromatic heterocycles. The maximum absolute atomic E-state index is 4.13. The van der Waals surface area contributed by atoms with Crippen molar-refractivity contribution in [2.24, 2.45) is 5.92 Å². The van der Waals surface area contributed by atoms with Crippen LogP contribution in [-0.4, -0.2) is 30.1 Å². The van der Waals surface area contributed by atoms with Gasteiger partial charge in [-0.05, 0) is 26.4 Å². The van der Waals surface area contributed by atoms with Gasteiger partial charge in [-0.15, -0.1) is 0 Å². The summed E-state index contributed by atoms with van der Waals surface area (Å²) in [5.74, 6) is 1.50. The molecule has 1 atom stereocenters. The van der Waals surface area contributed by atoms with E-state index in [1.165, 1.54) is 0 Å². The maximum atomic E-state index is 4.13. The molecule has 1 rings (SSSR count). The van der Waals surface area contributed by atoms with Crippen LogP contribution in [-0.2, 0) is 0 Å². The summed E-state index contributed by atoms with van der Waals surface area (Å²) in [6, 6.07) is 1.95. The minimum atomic E-state index is 0.593. The van der Waals surface area contributed by atoms with Gasteiger partial charge in [-0.25, -0.2) is 9.97 Å². The van der Waals surface area contributed by atoms with Crippen LogP contribution in [0.1, 0.15) is 12.6 Å². The molecule has 1 unspecified atom stereocenters. The topological polar surface area (TPSA) is 49.8 Å². The van der Waals surface area contributed by atoms with E-state index >= 15 is 0 Å². The van der Waals surface area contributed by atoms with Gasteiger partial charge in [0.1, 0.15) is 12.1 Å². The number of aromatic nitrogens is 2. The van der Waals surface area contributed by atoms with Gasteiger partial charge in [0.05, 0.1) is 0 Å². The van der Waals surface area contributed by atoms with E-state index in [9.17, 15) is 0 Å². The first-order valence-electron chi connectivity index (χ1n) is 4.89. The van der Waals surface area contributed by atoms with Crippen LogP contribution in [0, 0.1) is 12.8 Å². The van der Waals surface area contributed by atoms with Crippen molar-refractivity contribution >= 4 is 5.82 Å². The minimum Gasteiger partial charge on any atom is -0.370 e. The zero-order valence-corrected chi connectivity index (χ0v) is 9.04. The monoisotopic (exact) mass is 194 g/mol. The van der Waals surface area contributed by atoms with Crippen molar-refractivity contribution in [1.29, 1.82) is 0 Å². The van der Waals surface area contributed by atoms with E-state index in [-0.39, 0.29) is 0 Å². The molecular weight excluding hydrogens is 176 g/mol. The second-order valence-corrected chi connectivity index (χ2v) is 3.59. The Morgan fingerprint density at radius 1 is 1.36 bits per heavy atom. The Balaban J connectivity index is 2.37. The number of anilines is 1. The zero-order chi connectivity index (χ0) is 10.4. The summed E-state index contributed by atoms with van der Waals surface area (Å²) < 4.78 is 0. The van der Waals surface area contributed by atoms with Crippen molar-refractivity contribution < 1.29 is 0 Å². The van der Waals surface area contributed by atoms with E-state index in [1.54, 1.807) is 6.33 Å². The number of hydrogen-bond acceptors (Lipinski definition) is 4. The van der Waals surface area contributed by atoms with Crippen molar-refractivity contribution in [1.82, 2.24) is 15.3 Å². The quantitative estimate of drug-likeness (QED) is 0.735. The van der Waals surface area contributed by atoms with Crippen LogP contribution in [0.3, 0.4) is 0 Å². The highest BCUT2D eigenvalue weighted by atomic mass is 15.0. The largest absolute Gasteiger partial charge is 0.370 e. The summed E-state index contributed by atoms with van der Waals surface area (Å²) in [7, 11) is 1.96. The van der Waals surface area contributed by atoms with E-state index in [2.05, 4.69) is 27.5 Å². The van der Waals surface area contributed by atoms with Gasteiger partial charge in [0.2, 0.25) is 0 Å². The Morgan fingerprint density at radius 3 is 2.79 bits per heavy atom. The van der Waals surface area contributed by atoms with Crippen LogP contribution >= 0.6 is 0 Å². The predicted molar refractivity (Wildman–Crippen MR) is 58.3 cm³/mol. The predicted octanol–water partition coefficient (Wildman–Crippen LogP) is 1.05. The van der Waals surface area contributed by atoms with Crippen LogP contribution < -0.4 is 10.6 Å². The second kappa shape index (κ2) is 5.54. The first-order valence-corrected chi connectivity index (χ1v) is 4.89. The minimum absolute atomic E-state index is 0.593. The highest BCUT2D eigenvalue weighted by Crippen LogP contribution is 2.03. The third-order valence-electron chi connectivity index (χ3n) is 1.99. The average molecular weight is 194 g/mol. The summed E-state index contributed by atoms with van der Waals surface area (Å²) in [6.07, 6.45) is 1.58. The highest BCUT2D eigenvalue weighted by Gasteiger charge is 2.00. The van der Waals surface area contributed by atoms with Crippen molar-refractivity contribution in [3.05, 3.63) is 18.1 Å². The Bertz CT molecular complexity index is 275. The van der Waals surface area contributed by atoms with Gasteiger partial charge < -0.3 is 10.6 Å². The van der Waals surface area contributed by atoms with Gasteiger partial charge in [0.25, 0.3) is 0 Å². The molecule has 4 heteroatoms. The highest BCUT2D eigenvalue weighted by molar-refractivity contribution is 5.34. The van der Waals surface area contributed by atoms with Crippen molar-refractivity contribution in [2.45, 2.75) is 13.8 Å². The van der Waals surface area contributed by atoms with Gasteiger partial charge in [-0.3, -0.25) is 0 Å². The van der Waals surface area contributed by atoms with Crippen LogP contribution in [0.4, 0.5) is 5.82 Å². The number of nitrogens with zero attached hydrogens (tertiary/aromatic N) is 2. The SMILES string of the molecule is CNCC(C)CNc1cc(C)ncn1. The third kappa shape index (κ3) is 3.70. The smallest absolute Gasteiger partial charge is 0.129 e. The number of aryl methyl sites for hydroxylation is 1. The number of rotatable bonds is 5. The van der Waals surface area contributed by atoms with E-state index in [0.717, 1.165) is 24.6 Å². The molecule has 0 saturated carbocycles. The fraction of sp³-hybridized carbons (Fsp3) is 0.600. The number of hydrogen-bond donors (Lipinski definition) is 2. The summed E-state index contributed by atoms with van der Waals surface area (Å²) in [4.78, 5) is 8.17. The lowest BCUT2D eigenvalue weighted by Gasteiger charge is -2.12. The van der Waals surface area contributed by atoms with E-state index < -0.39 is 0 Å². The van der Waals surface area contributed by atoms with Crippen molar-refractivity contribution in [3.8, 4) is 0 Å². The second-order valence-electron chi connectivity index (χ2n) is 3.59. The van der Waals surface area contributed by atoms with Crippen LogP contribution in [0.25, 0.3) is 0 Å². The van der Waals surface area contributed by atoms with Crippen LogP contribution in [0.2, 0.25) is 0 Å². The van der Waals surface area contributed by atoms with Crippen molar-refractivity contribution in [3.63, 3.8) is 0 Å². The van der Waals surface area contributed by atoms with Gasteiger partial charge >= 0.3 is 0 Å². The summed E-state index contributed by atoms with van der Waals surface area (Å²) in [6.45, 7) is 6.09. The Morgan fingerprint density at radius 2 is 2.14 bits per heavy atom. The summed E-state index contributed by atoms with van der Waals surface area (Å²) >= 11 is 0. The normalized spacial score (nSPS) is 12.5. The fourth-order valence-electron chi connectivity index (χ4n) is 1.25. The lowest BCUT2D eigenvalue weighted by molar-refractivity contribution is 0.569.